The van der Waals surface area contributed by atoms with E-state index in [1.54, 1.807) is 24.1 Å². The Labute approximate surface area is 130 Å². The number of nitrogens with zero attached hydrogens (tertiary/aromatic N) is 2. The Hall–Kier alpha value is -1.17. The second-order valence-electron chi connectivity index (χ2n) is 5.82. The molecule has 0 spiro atoms. The van der Waals surface area contributed by atoms with Gasteiger partial charge in [0, 0.05) is 36.9 Å². The van der Waals surface area contributed by atoms with Crippen molar-refractivity contribution in [3.8, 4) is 0 Å². The summed E-state index contributed by atoms with van der Waals surface area (Å²) >= 11 is 6.03. The summed E-state index contributed by atoms with van der Waals surface area (Å²) in [7, 11) is 1.57. The molecule has 0 unspecified atom stereocenters. The maximum Gasteiger partial charge on any atom is 0.254 e. The number of pyridine rings is 1. The molecule has 0 fully saturated rings. The van der Waals surface area contributed by atoms with Gasteiger partial charge >= 0.3 is 0 Å². The second kappa shape index (κ2) is 7.73. The molecule has 0 saturated carbocycles. The highest BCUT2D eigenvalue weighted by Crippen LogP contribution is 2.24. The Morgan fingerprint density at radius 1 is 1.38 bits per heavy atom. The zero-order chi connectivity index (χ0) is 16.0. The van der Waals surface area contributed by atoms with Crippen LogP contribution in [-0.4, -0.2) is 54.3 Å². The number of aliphatic hydroxyl groups is 1. The van der Waals surface area contributed by atoms with Crippen molar-refractivity contribution in [2.24, 2.45) is 0 Å². The van der Waals surface area contributed by atoms with Crippen molar-refractivity contribution in [2.75, 3.05) is 33.4 Å². The van der Waals surface area contributed by atoms with Crippen molar-refractivity contribution in [3.05, 3.63) is 28.5 Å². The molecule has 0 saturated heterocycles. The van der Waals surface area contributed by atoms with E-state index in [9.17, 15) is 4.79 Å². The number of rotatable bonds is 6. The molecule has 1 rings (SSSR count). The minimum Gasteiger partial charge on any atom is -0.395 e. The number of carbonyl (C=O) groups is 1. The van der Waals surface area contributed by atoms with E-state index < -0.39 is 0 Å². The Morgan fingerprint density at radius 3 is 2.57 bits per heavy atom. The number of aliphatic hydroxyl groups excluding tert-OH is 1. The maximum atomic E-state index is 12.5. The van der Waals surface area contributed by atoms with E-state index >= 15 is 0 Å². The molecular weight excluding hydrogens is 292 g/mol. The molecule has 21 heavy (non-hydrogen) atoms. The molecule has 0 radical (unpaired) electrons. The summed E-state index contributed by atoms with van der Waals surface area (Å²) in [5, 5.41) is 9.39. The van der Waals surface area contributed by atoms with Gasteiger partial charge in [0.25, 0.3) is 5.91 Å². The summed E-state index contributed by atoms with van der Waals surface area (Å²) in [5.41, 5.74) is 1.03. The SMILES string of the molecule is COCCN(CCO)C(=O)c1cc(Cl)nc(C(C)(C)C)c1. The summed E-state index contributed by atoms with van der Waals surface area (Å²) in [6.45, 7) is 7.02. The molecule has 0 bridgehead atoms. The quantitative estimate of drug-likeness (QED) is 0.817. The lowest BCUT2D eigenvalue weighted by molar-refractivity contribution is 0.0656. The number of methoxy groups -OCH3 is 1. The Bertz CT molecular complexity index is 486. The fourth-order valence-corrected chi connectivity index (χ4v) is 2.03. The normalized spacial score (nSPS) is 11.5. The first kappa shape index (κ1) is 17.9. The highest BCUT2D eigenvalue weighted by molar-refractivity contribution is 6.29. The lowest BCUT2D eigenvalue weighted by Gasteiger charge is -2.23. The van der Waals surface area contributed by atoms with Crippen LogP contribution in [0.25, 0.3) is 0 Å². The van der Waals surface area contributed by atoms with Crippen molar-refractivity contribution in [1.82, 2.24) is 9.88 Å². The predicted molar refractivity (Wildman–Crippen MR) is 82.8 cm³/mol. The highest BCUT2D eigenvalue weighted by atomic mass is 35.5. The third-order valence-corrected chi connectivity index (χ3v) is 3.23. The molecule has 5 nitrogen and oxygen atoms in total. The van der Waals surface area contributed by atoms with Crippen LogP contribution in [0.2, 0.25) is 5.15 Å². The number of hydrogen-bond donors (Lipinski definition) is 1. The summed E-state index contributed by atoms with van der Waals surface area (Å²) in [5.74, 6) is -0.184. The molecular formula is C15H23ClN2O3. The summed E-state index contributed by atoms with van der Waals surface area (Å²) in [6.07, 6.45) is 0. The first-order chi connectivity index (χ1) is 9.79. The van der Waals surface area contributed by atoms with Crippen LogP contribution < -0.4 is 0 Å². The zero-order valence-corrected chi connectivity index (χ0v) is 13.8. The number of aromatic nitrogens is 1. The van der Waals surface area contributed by atoms with Crippen molar-refractivity contribution in [3.63, 3.8) is 0 Å². The number of ether oxygens (including phenoxy) is 1. The zero-order valence-electron chi connectivity index (χ0n) is 13.0. The number of halogens is 1. The van der Waals surface area contributed by atoms with E-state index in [4.69, 9.17) is 21.4 Å². The standard InChI is InChI=1S/C15H23ClN2O3/c1-15(2,3)12-9-11(10-13(16)17-12)14(20)18(5-7-19)6-8-21-4/h9-10,19H,5-8H2,1-4H3. The number of hydrogen-bond acceptors (Lipinski definition) is 4. The monoisotopic (exact) mass is 314 g/mol. The van der Waals surface area contributed by atoms with Gasteiger partial charge in [0.15, 0.2) is 0 Å². The highest BCUT2D eigenvalue weighted by Gasteiger charge is 2.21. The topological polar surface area (TPSA) is 62.7 Å². The van der Waals surface area contributed by atoms with Gasteiger partial charge in [-0.25, -0.2) is 4.98 Å². The molecule has 0 aromatic carbocycles. The van der Waals surface area contributed by atoms with Crippen molar-refractivity contribution in [2.45, 2.75) is 26.2 Å². The van der Waals surface area contributed by atoms with E-state index in [2.05, 4.69) is 4.98 Å². The van der Waals surface area contributed by atoms with E-state index in [0.717, 1.165) is 5.69 Å². The van der Waals surface area contributed by atoms with Crippen LogP contribution in [0.5, 0.6) is 0 Å². The van der Waals surface area contributed by atoms with Crippen molar-refractivity contribution >= 4 is 17.5 Å². The average molecular weight is 315 g/mol. The van der Waals surface area contributed by atoms with Gasteiger partial charge in [0.2, 0.25) is 0 Å². The molecule has 1 aromatic rings. The molecule has 1 aromatic heterocycles. The van der Waals surface area contributed by atoms with Crippen LogP contribution in [-0.2, 0) is 10.2 Å². The third-order valence-electron chi connectivity index (χ3n) is 3.03. The molecule has 0 atom stereocenters. The van der Waals surface area contributed by atoms with Crippen molar-refractivity contribution in [1.29, 1.82) is 0 Å². The Balaban J connectivity index is 3.06. The smallest absolute Gasteiger partial charge is 0.254 e. The maximum absolute atomic E-state index is 12.5. The van der Waals surface area contributed by atoms with Gasteiger partial charge in [0.05, 0.1) is 13.2 Å². The average Bonchev–Trinajstić information content (AvgIpc) is 2.41. The van der Waals surface area contributed by atoms with Gasteiger partial charge < -0.3 is 14.7 Å². The van der Waals surface area contributed by atoms with E-state index in [0.29, 0.717) is 23.9 Å². The minimum atomic E-state index is -0.200. The molecule has 1 N–H and O–H groups in total. The van der Waals surface area contributed by atoms with E-state index in [1.807, 2.05) is 20.8 Å². The number of amides is 1. The van der Waals surface area contributed by atoms with Gasteiger partial charge in [-0.2, -0.15) is 0 Å². The van der Waals surface area contributed by atoms with Crippen LogP contribution in [0, 0.1) is 0 Å². The Kier molecular flexibility index (Phi) is 6.58. The van der Waals surface area contributed by atoms with Gasteiger partial charge in [-0.3, -0.25) is 4.79 Å². The van der Waals surface area contributed by atoms with Gasteiger partial charge in [-0.05, 0) is 12.1 Å². The molecule has 0 aliphatic heterocycles. The number of carbonyl (C=O) groups excluding carboxylic acids is 1. The molecule has 1 amide bonds. The Morgan fingerprint density at radius 2 is 2.05 bits per heavy atom. The first-order valence-corrected chi connectivity index (χ1v) is 7.24. The van der Waals surface area contributed by atoms with E-state index in [-0.39, 0.29) is 24.5 Å². The molecule has 6 heteroatoms. The van der Waals surface area contributed by atoms with E-state index in [1.165, 1.54) is 0 Å². The van der Waals surface area contributed by atoms with Gasteiger partial charge in [-0.15, -0.1) is 0 Å². The minimum absolute atomic E-state index is 0.0968. The largest absolute Gasteiger partial charge is 0.395 e. The fourth-order valence-electron chi connectivity index (χ4n) is 1.82. The summed E-state index contributed by atoms with van der Waals surface area (Å²) < 4.78 is 4.99. The van der Waals surface area contributed by atoms with Crippen LogP contribution in [0.15, 0.2) is 12.1 Å². The van der Waals surface area contributed by atoms with Crippen LogP contribution in [0.3, 0.4) is 0 Å². The molecule has 0 aliphatic rings. The lowest BCUT2D eigenvalue weighted by atomic mass is 9.91. The first-order valence-electron chi connectivity index (χ1n) is 6.86. The lowest BCUT2D eigenvalue weighted by Crippen LogP contribution is -2.36. The van der Waals surface area contributed by atoms with Gasteiger partial charge in [0.1, 0.15) is 5.15 Å². The fraction of sp³-hybridized carbons (Fsp3) is 0.600. The molecule has 0 aliphatic carbocycles. The molecule has 1 heterocycles. The van der Waals surface area contributed by atoms with Gasteiger partial charge in [-0.1, -0.05) is 32.4 Å². The van der Waals surface area contributed by atoms with Crippen LogP contribution in [0.1, 0.15) is 36.8 Å². The summed E-state index contributed by atoms with van der Waals surface area (Å²) in [6, 6.07) is 3.31. The van der Waals surface area contributed by atoms with Crippen LogP contribution in [0.4, 0.5) is 0 Å². The summed E-state index contributed by atoms with van der Waals surface area (Å²) in [4.78, 5) is 18.4. The van der Waals surface area contributed by atoms with Crippen molar-refractivity contribution < 1.29 is 14.6 Å². The second-order valence-corrected chi connectivity index (χ2v) is 6.21. The van der Waals surface area contributed by atoms with Crippen LogP contribution >= 0.6 is 11.6 Å². The predicted octanol–water partition coefficient (Wildman–Crippen LogP) is 2.11. The molecule has 118 valence electrons. The third kappa shape index (κ3) is 5.26.